The van der Waals surface area contributed by atoms with Gasteiger partial charge in [0.15, 0.2) is 0 Å². The van der Waals surface area contributed by atoms with Crippen molar-refractivity contribution in [3.63, 3.8) is 0 Å². The number of rotatable bonds is 5. The molecule has 0 spiro atoms. The minimum absolute atomic E-state index is 0.0931. The zero-order chi connectivity index (χ0) is 20.8. The molecule has 0 unspecified atom stereocenters. The molecule has 3 aliphatic carbocycles. The van der Waals surface area contributed by atoms with E-state index in [1.807, 2.05) is 24.3 Å². The first-order chi connectivity index (χ1) is 13.7. The number of benzene rings is 1. The van der Waals surface area contributed by atoms with Crippen LogP contribution in [0.15, 0.2) is 24.3 Å². The Balaban J connectivity index is 1.59. The number of hydrogen-bond donors (Lipinski definition) is 0. The molecule has 6 nitrogen and oxygen atoms in total. The first-order valence-electron chi connectivity index (χ1n) is 10.4. The lowest BCUT2D eigenvalue weighted by Gasteiger charge is -2.54. The van der Waals surface area contributed by atoms with Crippen LogP contribution in [-0.2, 0) is 19.1 Å². The third-order valence-corrected chi connectivity index (χ3v) is 7.99. The van der Waals surface area contributed by atoms with E-state index in [0.29, 0.717) is 48.5 Å². The Morgan fingerprint density at radius 3 is 2.38 bits per heavy atom. The van der Waals surface area contributed by atoms with E-state index in [9.17, 15) is 13.2 Å². The Morgan fingerprint density at radius 1 is 1.03 bits per heavy atom. The monoisotopic (exact) mass is 422 g/mol. The zero-order valence-electron chi connectivity index (χ0n) is 17.3. The van der Waals surface area contributed by atoms with Gasteiger partial charge in [-0.15, -0.1) is 0 Å². The van der Waals surface area contributed by atoms with E-state index in [2.05, 4.69) is 6.92 Å². The molecule has 3 aliphatic rings. The number of carbonyl (C=O) groups excluding carboxylic acids is 1. The van der Waals surface area contributed by atoms with Crippen LogP contribution in [0.1, 0.15) is 45.4 Å². The smallest absolute Gasteiger partial charge is 0.264 e. The van der Waals surface area contributed by atoms with Gasteiger partial charge >= 0.3 is 0 Å². The number of carbonyl (C=O) groups is 1. The SMILES string of the molecule is COc1ccc(O[C@H]2C[C@@H]3CC[C@H]4CC(=O)C[C@@H]4[C@@]3(C)C[C@@H]2OS(C)(=O)=O)cc1. The van der Waals surface area contributed by atoms with Crippen LogP contribution in [0.2, 0.25) is 0 Å². The molecule has 3 saturated carbocycles. The highest BCUT2D eigenvalue weighted by Gasteiger charge is 2.57. The molecule has 1 aromatic carbocycles. The number of ether oxygens (including phenoxy) is 2. The van der Waals surface area contributed by atoms with E-state index in [4.69, 9.17) is 13.7 Å². The van der Waals surface area contributed by atoms with Crippen molar-refractivity contribution in [1.29, 1.82) is 0 Å². The minimum atomic E-state index is -3.62. The van der Waals surface area contributed by atoms with Crippen LogP contribution in [0.3, 0.4) is 0 Å². The Bertz CT molecular complexity index is 864. The average molecular weight is 423 g/mol. The molecule has 29 heavy (non-hydrogen) atoms. The lowest BCUT2D eigenvalue weighted by molar-refractivity contribution is -0.119. The Morgan fingerprint density at radius 2 is 1.72 bits per heavy atom. The van der Waals surface area contributed by atoms with Crippen molar-refractivity contribution in [3.05, 3.63) is 24.3 Å². The molecule has 160 valence electrons. The molecule has 3 fully saturated rings. The molecule has 7 heteroatoms. The highest BCUT2D eigenvalue weighted by atomic mass is 32.2. The summed E-state index contributed by atoms with van der Waals surface area (Å²) < 4.78 is 40.9. The van der Waals surface area contributed by atoms with Crippen molar-refractivity contribution in [2.24, 2.45) is 23.2 Å². The van der Waals surface area contributed by atoms with Gasteiger partial charge in [0.1, 0.15) is 29.5 Å². The number of ketones is 1. The molecular weight excluding hydrogens is 392 g/mol. The first-order valence-corrected chi connectivity index (χ1v) is 12.2. The van der Waals surface area contributed by atoms with Crippen LogP contribution >= 0.6 is 0 Å². The molecule has 0 bridgehead atoms. The molecule has 0 heterocycles. The van der Waals surface area contributed by atoms with E-state index in [0.717, 1.165) is 31.3 Å². The van der Waals surface area contributed by atoms with Crippen LogP contribution < -0.4 is 9.47 Å². The molecule has 0 radical (unpaired) electrons. The van der Waals surface area contributed by atoms with Crippen LogP contribution in [-0.4, -0.2) is 39.8 Å². The second-order valence-corrected chi connectivity index (χ2v) is 10.8. The lowest BCUT2D eigenvalue weighted by Crippen LogP contribution is -2.54. The van der Waals surface area contributed by atoms with Crippen molar-refractivity contribution in [3.8, 4) is 11.5 Å². The van der Waals surface area contributed by atoms with Gasteiger partial charge in [0.05, 0.1) is 13.4 Å². The van der Waals surface area contributed by atoms with Crippen molar-refractivity contribution in [2.45, 2.75) is 57.7 Å². The van der Waals surface area contributed by atoms with Gasteiger partial charge < -0.3 is 9.47 Å². The fourth-order valence-electron chi connectivity index (χ4n) is 6.03. The quantitative estimate of drug-likeness (QED) is 0.675. The highest BCUT2D eigenvalue weighted by molar-refractivity contribution is 7.86. The fraction of sp³-hybridized carbons (Fsp3) is 0.682. The Kier molecular flexibility index (Phi) is 5.40. The average Bonchev–Trinajstić information content (AvgIpc) is 3.04. The van der Waals surface area contributed by atoms with E-state index in [1.54, 1.807) is 7.11 Å². The second-order valence-electron chi connectivity index (χ2n) is 9.20. The normalized spacial score (nSPS) is 36.9. The van der Waals surface area contributed by atoms with Crippen LogP contribution in [0.25, 0.3) is 0 Å². The molecule has 1 aromatic rings. The van der Waals surface area contributed by atoms with E-state index < -0.39 is 16.2 Å². The van der Waals surface area contributed by atoms with Gasteiger partial charge in [-0.05, 0) is 73.1 Å². The highest BCUT2D eigenvalue weighted by Crippen LogP contribution is 2.60. The third-order valence-electron chi connectivity index (χ3n) is 7.39. The molecule has 6 atom stereocenters. The summed E-state index contributed by atoms with van der Waals surface area (Å²) in [5.41, 5.74) is -0.0931. The van der Waals surface area contributed by atoms with E-state index >= 15 is 0 Å². The summed E-state index contributed by atoms with van der Waals surface area (Å²) in [4.78, 5) is 12.1. The van der Waals surface area contributed by atoms with Crippen LogP contribution in [0, 0.1) is 23.2 Å². The summed E-state index contributed by atoms with van der Waals surface area (Å²) >= 11 is 0. The predicted octanol–water partition coefficient (Wildman–Crippen LogP) is 3.59. The standard InChI is InChI=1S/C22H30O6S/c1-22-13-21(28-29(3,24)25)20(27-18-8-6-17(26-2)7-9-18)11-15(22)5-4-14-10-16(23)12-19(14)22/h6-9,14-15,19-21H,4-5,10-13H2,1-3H3/t14-,15-,19-,20-,21-,22-/m0/s1. The molecule has 0 aromatic heterocycles. The summed E-state index contributed by atoms with van der Waals surface area (Å²) in [6.07, 6.45) is 4.95. The summed E-state index contributed by atoms with van der Waals surface area (Å²) in [7, 11) is -2.01. The summed E-state index contributed by atoms with van der Waals surface area (Å²) in [5.74, 6) is 2.91. The minimum Gasteiger partial charge on any atom is -0.497 e. The van der Waals surface area contributed by atoms with Gasteiger partial charge in [0, 0.05) is 12.8 Å². The van der Waals surface area contributed by atoms with Crippen molar-refractivity contribution >= 4 is 15.9 Å². The van der Waals surface area contributed by atoms with E-state index in [-0.39, 0.29) is 11.5 Å². The maximum Gasteiger partial charge on any atom is 0.264 e. The second kappa shape index (κ2) is 7.58. The van der Waals surface area contributed by atoms with Crippen molar-refractivity contribution < 1.29 is 26.9 Å². The summed E-state index contributed by atoms with van der Waals surface area (Å²) in [6, 6.07) is 7.31. The molecule has 4 rings (SSSR count). The molecule has 0 N–H and O–H groups in total. The molecule has 0 amide bonds. The largest absolute Gasteiger partial charge is 0.497 e. The Hall–Kier alpha value is -1.60. The van der Waals surface area contributed by atoms with Gasteiger partial charge in [0.2, 0.25) is 0 Å². The van der Waals surface area contributed by atoms with Crippen LogP contribution in [0.5, 0.6) is 11.5 Å². The fourth-order valence-corrected chi connectivity index (χ4v) is 6.67. The predicted molar refractivity (Wildman–Crippen MR) is 108 cm³/mol. The number of Topliss-reactive ketones (excluding diaryl/α,β-unsaturated/α-hetero) is 1. The third kappa shape index (κ3) is 4.17. The maximum atomic E-state index is 12.1. The Labute approximate surface area is 173 Å². The number of hydrogen-bond acceptors (Lipinski definition) is 6. The van der Waals surface area contributed by atoms with Crippen LogP contribution in [0.4, 0.5) is 0 Å². The number of methoxy groups -OCH3 is 1. The van der Waals surface area contributed by atoms with Gasteiger partial charge in [-0.1, -0.05) is 6.92 Å². The van der Waals surface area contributed by atoms with Gasteiger partial charge in [0.25, 0.3) is 10.1 Å². The molecule has 0 aliphatic heterocycles. The lowest BCUT2D eigenvalue weighted by atomic mass is 9.52. The molecule has 0 saturated heterocycles. The molecular formula is C22H30O6S. The number of fused-ring (bicyclic) bond motifs is 3. The summed E-state index contributed by atoms with van der Waals surface area (Å²) in [5, 5.41) is 0. The van der Waals surface area contributed by atoms with Crippen molar-refractivity contribution in [2.75, 3.05) is 13.4 Å². The first kappa shape index (κ1) is 20.7. The van der Waals surface area contributed by atoms with Gasteiger partial charge in [-0.25, -0.2) is 0 Å². The van der Waals surface area contributed by atoms with Gasteiger partial charge in [-0.2, -0.15) is 8.42 Å². The van der Waals surface area contributed by atoms with Gasteiger partial charge in [-0.3, -0.25) is 8.98 Å². The van der Waals surface area contributed by atoms with E-state index in [1.165, 1.54) is 0 Å². The summed E-state index contributed by atoms with van der Waals surface area (Å²) in [6.45, 7) is 2.23. The zero-order valence-corrected chi connectivity index (χ0v) is 18.1. The van der Waals surface area contributed by atoms with Crippen molar-refractivity contribution in [1.82, 2.24) is 0 Å². The maximum absolute atomic E-state index is 12.1. The topological polar surface area (TPSA) is 78.9 Å².